The van der Waals surface area contributed by atoms with Crippen LogP contribution in [0.4, 0.5) is 0 Å². The van der Waals surface area contributed by atoms with Crippen molar-refractivity contribution in [3.05, 3.63) is 58.2 Å². The van der Waals surface area contributed by atoms with E-state index in [2.05, 4.69) is 0 Å². The number of carbonyl (C=O) groups is 5. The Morgan fingerprint density at radius 1 is 1.13 bits per heavy atom. The van der Waals surface area contributed by atoms with E-state index in [9.17, 15) is 29.1 Å². The molecule has 2 N–H and O–H groups in total. The summed E-state index contributed by atoms with van der Waals surface area (Å²) in [7, 11) is 0. The number of hydrogen-bond donors (Lipinski definition) is 2. The monoisotopic (exact) mass is 519 g/mol. The summed E-state index contributed by atoms with van der Waals surface area (Å²) in [5.74, 6) is -4.81. The molecule has 0 bridgehead atoms. The molecule has 198 valence electrons. The van der Waals surface area contributed by atoms with Crippen LogP contribution in [0.5, 0.6) is 11.5 Å². The van der Waals surface area contributed by atoms with Crippen molar-refractivity contribution in [3.63, 3.8) is 0 Å². The molecular formula is C29H29NO8. The maximum absolute atomic E-state index is 13.6. The van der Waals surface area contributed by atoms with Crippen LogP contribution < -0.4 is 4.74 Å². The van der Waals surface area contributed by atoms with Crippen LogP contribution in [-0.2, 0) is 24.0 Å². The molecule has 0 unspecified atom stereocenters. The Balaban J connectivity index is 1.60. The van der Waals surface area contributed by atoms with Crippen LogP contribution >= 0.6 is 0 Å². The topological polar surface area (TPSA) is 138 Å². The number of para-hydroxylation sites is 1. The fourth-order valence-electron chi connectivity index (χ4n) is 6.46. The Hall–Kier alpha value is -4.01. The van der Waals surface area contributed by atoms with Crippen LogP contribution in [0.15, 0.2) is 52.6 Å². The van der Waals surface area contributed by atoms with Crippen molar-refractivity contribution < 1.29 is 38.9 Å². The van der Waals surface area contributed by atoms with Gasteiger partial charge in [0.05, 0.1) is 18.4 Å². The quantitative estimate of drug-likeness (QED) is 0.318. The van der Waals surface area contributed by atoms with Gasteiger partial charge in [0.2, 0.25) is 11.8 Å². The molecule has 0 spiro atoms. The minimum atomic E-state index is -1.00. The number of carboxylic acids is 1. The molecule has 1 fully saturated rings. The van der Waals surface area contributed by atoms with E-state index >= 15 is 0 Å². The summed E-state index contributed by atoms with van der Waals surface area (Å²) in [4.78, 5) is 65.5. The average molecular weight is 520 g/mol. The number of likely N-dealkylation sites (tertiary alicyclic amines) is 1. The van der Waals surface area contributed by atoms with Crippen molar-refractivity contribution in [2.75, 3.05) is 13.2 Å². The third-order valence-electron chi connectivity index (χ3n) is 8.07. The normalized spacial score (nSPS) is 26.5. The molecule has 2 amide bonds. The average Bonchev–Trinajstić information content (AvgIpc) is 3.12. The maximum Gasteiger partial charge on any atom is 0.303 e. The van der Waals surface area contributed by atoms with E-state index in [0.29, 0.717) is 28.9 Å². The van der Waals surface area contributed by atoms with Gasteiger partial charge < -0.3 is 14.9 Å². The maximum atomic E-state index is 13.6. The van der Waals surface area contributed by atoms with Gasteiger partial charge in [-0.3, -0.25) is 28.9 Å². The van der Waals surface area contributed by atoms with E-state index in [1.807, 2.05) is 6.08 Å². The molecule has 0 saturated carbocycles. The highest BCUT2D eigenvalue weighted by molar-refractivity contribution is 6.23. The van der Waals surface area contributed by atoms with Gasteiger partial charge in [-0.2, -0.15) is 0 Å². The molecule has 1 aromatic carbocycles. The van der Waals surface area contributed by atoms with Gasteiger partial charge >= 0.3 is 5.97 Å². The van der Waals surface area contributed by atoms with Gasteiger partial charge in [0.25, 0.3) is 0 Å². The van der Waals surface area contributed by atoms with Crippen LogP contribution in [-0.4, -0.2) is 57.6 Å². The van der Waals surface area contributed by atoms with Crippen molar-refractivity contribution in [3.8, 4) is 11.5 Å². The van der Waals surface area contributed by atoms with Crippen molar-refractivity contribution in [2.24, 2.45) is 17.8 Å². The van der Waals surface area contributed by atoms with Crippen molar-refractivity contribution in [1.82, 2.24) is 4.90 Å². The summed E-state index contributed by atoms with van der Waals surface area (Å²) in [6.07, 6.45) is 3.61. The molecule has 1 aliphatic heterocycles. The molecule has 4 atom stereocenters. The Labute approximate surface area is 219 Å². The Morgan fingerprint density at radius 3 is 2.61 bits per heavy atom. The van der Waals surface area contributed by atoms with Gasteiger partial charge in [-0.05, 0) is 51.2 Å². The Kier molecular flexibility index (Phi) is 6.54. The summed E-state index contributed by atoms with van der Waals surface area (Å²) in [5, 5.41) is 20.1. The number of imide groups is 1. The number of aliphatic carboxylic acids is 1. The van der Waals surface area contributed by atoms with Gasteiger partial charge in [0.1, 0.15) is 0 Å². The highest BCUT2D eigenvalue weighted by Gasteiger charge is 2.56. The number of phenolic OH excluding ortho intramolecular Hbond substituents is 1. The van der Waals surface area contributed by atoms with Gasteiger partial charge in [0, 0.05) is 41.2 Å². The van der Waals surface area contributed by atoms with E-state index in [4.69, 9.17) is 9.84 Å². The number of amides is 2. The van der Waals surface area contributed by atoms with E-state index in [1.165, 1.54) is 6.08 Å². The predicted molar refractivity (Wildman–Crippen MR) is 134 cm³/mol. The van der Waals surface area contributed by atoms with Crippen LogP contribution in [0, 0.1) is 17.8 Å². The number of rotatable bonds is 7. The number of hydrogen-bond acceptors (Lipinski definition) is 7. The number of benzene rings is 1. The van der Waals surface area contributed by atoms with Gasteiger partial charge in [0.15, 0.2) is 23.1 Å². The molecule has 4 aliphatic rings. The number of phenols is 1. The zero-order valence-electron chi connectivity index (χ0n) is 21.2. The summed E-state index contributed by atoms with van der Waals surface area (Å²) < 4.78 is 5.58. The molecule has 38 heavy (non-hydrogen) atoms. The fraction of sp³-hybridized carbons (Fsp3) is 0.414. The lowest BCUT2D eigenvalue weighted by Gasteiger charge is -2.42. The number of carboxylic acid groups (broad SMARTS) is 1. The van der Waals surface area contributed by atoms with Crippen LogP contribution in [0.3, 0.4) is 0 Å². The number of allylic oxidation sites excluding steroid dienone is 6. The number of carbonyl (C=O) groups excluding carboxylic acids is 4. The molecular weight excluding hydrogens is 490 g/mol. The second-order valence-corrected chi connectivity index (χ2v) is 10.2. The highest BCUT2D eigenvalue weighted by Crippen LogP contribution is 2.56. The van der Waals surface area contributed by atoms with Gasteiger partial charge in [-0.25, -0.2) is 0 Å². The first kappa shape index (κ1) is 25.6. The first-order chi connectivity index (χ1) is 18.1. The first-order valence-corrected chi connectivity index (χ1v) is 12.9. The third-order valence-corrected chi connectivity index (χ3v) is 8.07. The largest absolute Gasteiger partial charge is 0.504 e. The number of aromatic hydroxyl groups is 1. The molecule has 1 saturated heterocycles. The second-order valence-electron chi connectivity index (χ2n) is 10.2. The summed E-state index contributed by atoms with van der Waals surface area (Å²) in [6.45, 7) is 3.70. The summed E-state index contributed by atoms with van der Waals surface area (Å²) >= 11 is 0. The number of ketones is 2. The van der Waals surface area contributed by atoms with Crippen LogP contribution in [0.25, 0.3) is 0 Å². The van der Waals surface area contributed by atoms with Gasteiger partial charge in [-0.1, -0.05) is 23.8 Å². The van der Waals surface area contributed by atoms with E-state index in [1.54, 1.807) is 32.0 Å². The van der Waals surface area contributed by atoms with E-state index in [0.717, 1.165) is 10.5 Å². The molecule has 9 heteroatoms. The smallest absolute Gasteiger partial charge is 0.303 e. The first-order valence-electron chi connectivity index (χ1n) is 12.9. The standard InChI is InChI=1S/C29H29NO8/c1-3-38-21-7-4-6-16(27(21)35)23-15-9-10-17-24(29(37)30(28(17)36)11-5-8-22(32)33)18(15)13-19-25(23)20(31)12-14(2)26(19)34/h4,6-7,9,12,17-18,23-24,35H,3,5,8,10-11,13H2,1-2H3,(H,32,33)/t17-,18+,23+,24-/m0/s1. The molecule has 5 rings (SSSR count). The summed E-state index contributed by atoms with van der Waals surface area (Å²) in [5.41, 5.74) is 2.05. The highest BCUT2D eigenvalue weighted by atomic mass is 16.5. The van der Waals surface area contributed by atoms with Crippen LogP contribution in [0.2, 0.25) is 0 Å². The van der Waals surface area contributed by atoms with Crippen molar-refractivity contribution >= 4 is 29.4 Å². The number of Topliss-reactive ketones (excluding diaryl/α,β-unsaturated/α-hetero) is 1. The lowest BCUT2D eigenvalue weighted by Crippen LogP contribution is -2.40. The van der Waals surface area contributed by atoms with Crippen LogP contribution in [0.1, 0.15) is 51.0 Å². The minimum Gasteiger partial charge on any atom is -0.504 e. The molecule has 1 heterocycles. The zero-order chi connectivity index (χ0) is 27.3. The lowest BCUT2D eigenvalue weighted by molar-refractivity contribution is -0.142. The fourth-order valence-corrected chi connectivity index (χ4v) is 6.46. The third kappa shape index (κ3) is 3.97. The molecule has 0 radical (unpaired) electrons. The summed E-state index contributed by atoms with van der Waals surface area (Å²) in [6, 6.07) is 5.02. The SMILES string of the molecule is CCOc1cccc([C@H]2C3=CC[C@@H]4C(=O)N(CCCC(=O)O)C(=O)[C@@H]4[C@@H]3CC3=C2C(=O)C=C(C)C3=O)c1O. The number of fused-ring (bicyclic) bond motifs is 3. The Morgan fingerprint density at radius 2 is 1.89 bits per heavy atom. The van der Waals surface area contributed by atoms with Crippen molar-refractivity contribution in [2.45, 2.75) is 45.4 Å². The predicted octanol–water partition coefficient (Wildman–Crippen LogP) is 3.09. The van der Waals surface area contributed by atoms with Crippen molar-refractivity contribution in [1.29, 1.82) is 0 Å². The molecule has 9 nitrogen and oxygen atoms in total. The molecule has 0 aromatic heterocycles. The second kappa shape index (κ2) is 9.70. The minimum absolute atomic E-state index is 0.0207. The lowest BCUT2D eigenvalue weighted by atomic mass is 9.59. The zero-order valence-corrected chi connectivity index (χ0v) is 21.2. The van der Waals surface area contributed by atoms with Gasteiger partial charge in [-0.15, -0.1) is 0 Å². The molecule has 1 aromatic rings. The number of ether oxygens (including phenoxy) is 1. The molecule has 3 aliphatic carbocycles. The number of nitrogens with zero attached hydrogens (tertiary/aromatic N) is 1. The van der Waals surface area contributed by atoms with E-state index in [-0.39, 0.29) is 67.1 Å². The Bertz CT molecular complexity index is 1370. The van der Waals surface area contributed by atoms with E-state index < -0.39 is 29.6 Å².